The molecule has 1 atom stereocenters. The highest BCUT2D eigenvalue weighted by molar-refractivity contribution is 7.89. The number of carboxylic acids is 1. The maximum Gasteiger partial charge on any atom is 0.416 e. The molecule has 0 radical (unpaired) electrons. The van der Waals surface area contributed by atoms with Crippen molar-refractivity contribution in [1.29, 1.82) is 0 Å². The molecule has 0 unspecified atom stereocenters. The second-order valence-electron chi connectivity index (χ2n) is 10.4. The van der Waals surface area contributed by atoms with Gasteiger partial charge in [0.1, 0.15) is 19.0 Å². The molecule has 3 aromatic rings. The molecule has 1 saturated heterocycles. The van der Waals surface area contributed by atoms with Gasteiger partial charge in [0.2, 0.25) is 21.8 Å². The maximum absolute atomic E-state index is 13.6. The van der Waals surface area contributed by atoms with Gasteiger partial charge < -0.3 is 15.3 Å². The van der Waals surface area contributed by atoms with Crippen molar-refractivity contribution in [3.63, 3.8) is 0 Å². The van der Waals surface area contributed by atoms with Crippen LogP contribution in [0.1, 0.15) is 42.3 Å². The normalized spacial score (nSPS) is 16.2. The number of halogens is 3. The number of hydrogen-bond donors (Lipinski definition) is 2. The Morgan fingerprint density at radius 1 is 1.05 bits per heavy atom. The van der Waals surface area contributed by atoms with E-state index in [1.165, 1.54) is 4.90 Å². The topological polar surface area (TPSA) is 168 Å². The number of aliphatic carboxylic acids is 1. The lowest BCUT2D eigenvalue weighted by Crippen LogP contribution is -2.61. The van der Waals surface area contributed by atoms with Gasteiger partial charge in [0, 0.05) is 26.2 Å². The predicted octanol–water partition coefficient (Wildman–Crippen LogP) is 1.66. The van der Waals surface area contributed by atoms with Gasteiger partial charge in [-0.15, -0.1) is 5.10 Å². The third-order valence-corrected chi connectivity index (χ3v) is 9.01. The molecule has 0 bridgehead atoms. The zero-order valence-electron chi connectivity index (χ0n) is 23.7. The number of amides is 2. The highest BCUT2D eigenvalue weighted by atomic mass is 32.2. The van der Waals surface area contributed by atoms with Crippen molar-refractivity contribution in [3.05, 3.63) is 71.0 Å². The fourth-order valence-corrected chi connectivity index (χ4v) is 6.18. The molecule has 0 spiro atoms. The molecule has 1 aromatic heterocycles. The number of carbonyl (C=O) groups is 3. The average molecular weight is 638 g/mol. The lowest BCUT2D eigenvalue weighted by Gasteiger charge is -2.39. The van der Waals surface area contributed by atoms with E-state index in [1.807, 2.05) is 38.1 Å². The van der Waals surface area contributed by atoms with Gasteiger partial charge in [0.15, 0.2) is 5.82 Å². The van der Waals surface area contributed by atoms with E-state index in [9.17, 15) is 36.0 Å². The zero-order chi connectivity index (χ0) is 32.2. The number of sulfonamides is 1. The van der Waals surface area contributed by atoms with E-state index in [-0.39, 0.29) is 32.0 Å². The standard InChI is InChI=1S/C27H30F3N7O6S/c1-17(2)19-5-3-18(4-6-19)14-31-26(41)22-15-35(24(38)16-36-23(13-25(39)40)32-33-34-36)11-12-37(22)44(42,43)21-9-7-20(8-10-21)27(28,29)30/h3-10,17,22H,11-16H2,1-2H3,(H,31,41)(H,39,40)/t22-/m1/s1. The van der Waals surface area contributed by atoms with Crippen molar-refractivity contribution in [3.8, 4) is 0 Å². The highest BCUT2D eigenvalue weighted by Crippen LogP contribution is 2.31. The average Bonchev–Trinajstić information content (AvgIpc) is 3.40. The minimum Gasteiger partial charge on any atom is -0.481 e. The van der Waals surface area contributed by atoms with E-state index in [0.717, 1.165) is 32.2 Å². The molecular weight excluding hydrogens is 607 g/mol. The van der Waals surface area contributed by atoms with Crippen molar-refractivity contribution in [2.45, 2.75) is 56.4 Å². The first-order chi connectivity index (χ1) is 20.7. The molecule has 2 heterocycles. The summed E-state index contributed by atoms with van der Waals surface area (Å²) in [5.41, 5.74) is 0.798. The summed E-state index contributed by atoms with van der Waals surface area (Å²) in [4.78, 5) is 38.5. The van der Waals surface area contributed by atoms with Gasteiger partial charge in [-0.2, -0.15) is 17.5 Å². The van der Waals surface area contributed by atoms with Gasteiger partial charge in [0.25, 0.3) is 0 Å². The third-order valence-electron chi connectivity index (χ3n) is 7.09. The van der Waals surface area contributed by atoms with Crippen LogP contribution in [0.4, 0.5) is 13.2 Å². The van der Waals surface area contributed by atoms with Crippen LogP contribution in [0.5, 0.6) is 0 Å². The Morgan fingerprint density at radius 3 is 2.30 bits per heavy atom. The van der Waals surface area contributed by atoms with Crippen molar-refractivity contribution in [1.82, 2.24) is 34.7 Å². The number of rotatable bonds is 10. The van der Waals surface area contributed by atoms with Gasteiger partial charge in [-0.1, -0.05) is 38.1 Å². The first kappa shape index (κ1) is 32.5. The lowest BCUT2D eigenvalue weighted by atomic mass is 10.0. The van der Waals surface area contributed by atoms with Crippen LogP contribution in [0.15, 0.2) is 53.4 Å². The number of piperazine rings is 1. The minimum atomic E-state index is -4.67. The Morgan fingerprint density at radius 2 is 1.70 bits per heavy atom. The van der Waals surface area contributed by atoms with Crippen LogP contribution in [0.2, 0.25) is 0 Å². The zero-order valence-corrected chi connectivity index (χ0v) is 24.5. The smallest absolute Gasteiger partial charge is 0.416 e. The van der Waals surface area contributed by atoms with E-state index in [1.54, 1.807) is 0 Å². The Bertz CT molecular complexity index is 1610. The van der Waals surface area contributed by atoms with Crippen molar-refractivity contribution in [2.24, 2.45) is 0 Å². The quantitative estimate of drug-likeness (QED) is 0.336. The van der Waals surface area contributed by atoms with Gasteiger partial charge in [-0.3, -0.25) is 14.4 Å². The van der Waals surface area contributed by atoms with Crippen LogP contribution in [0.25, 0.3) is 0 Å². The molecule has 1 aliphatic heterocycles. The Labute approximate surface area is 250 Å². The summed E-state index contributed by atoms with van der Waals surface area (Å²) >= 11 is 0. The van der Waals surface area contributed by atoms with Crippen LogP contribution >= 0.6 is 0 Å². The first-order valence-corrected chi connectivity index (χ1v) is 14.9. The summed E-state index contributed by atoms with van der Waals surface area (Å²) in [5.74, 6) is -2.32. The summed E-state index contributed by atoms with van der Waals surface area (Å²) in [6.45, 7) is 2.78. The predicted molar refractivity (Wildman–Crippen MR) is 147 cm³/mol. The van der Waals surface area contributed by atoms with Gasteiger partial charge in [0.05, 0.1) is 10.5 Å². The lowest BCUT2D eigenvalue weighted by molar-refractivity contribution is -0.138. The van der Waals surface area contributed by atoms with Crippen molar-refractivity contribution >= 4 is 27.8 Å². The number of benzene rings is 2. The molecule has 2 amide bonds. The number of aromatic nitrogens is 4. The monoisotopic (exact) mass is 637 g/mol. The number of hydrogen-bond acceptors (Lipinski definition) is 8. The Hall–Kier alpha value is -4.38. The molecule has 0 aliphatic carbocycles. The minimum absolute atomic E-state index is 0.0546. The number of tetrazole rings is 1. The first-order valence-electron chi connectivity index (χ1n) is 13.5. The maximum atomic E-state index is 13.6. The number of nitrogens with zero attached hydrogens (tertiary/aromatic N) is 6. The SMILES string of the molecule is CC(C)c1ccc(CNC(=O)[C@H]2CN(C(=O)Cn3nnnc3CC(=O)O)CCN2S(=O)(=O)c2ccc(C(F)(F)F)cc2)cc1. The molecule has 1 fully saturated rings. The van der Waals surface area contributed by atoms with Crippen LogP contribution in [0, 0.1) is 0 Å². The third kappa shape index (κ3) is 7.57. The molecule has 2 N–H and O–H groups in total. The molecular formula is C27H30F3N7O6S. The molecule has 13 nitrogen and oxygen atoms in total. The molecule has 0 saturated carbocycles. The van der Waals surface area contributed by atoms with Crippen LogP contribution < -0.4 is 5.32 Å². The van der Waals surface area contributed by atoms with Crippen LogP contribution in [0.3, 0.4) is 0 Å². The Kier molecular flexibility index (Phi) is 9.68. The fourth-order valence-electron chi connectivity index (χ4n) is 4.61. The van der Waals surface area contributed by atoms with E-state index in [4.69, 9.17) is 5.11 Å². The molecule has 44 heavy (non-hydrogen) atoms. The second-order valence-corrected chi connectivity index (χ2v) is 12.3. The summed E-state index contributed by atoms with van der Waals surface area (Å²) < 4.78 is 68.3. The molecule has 236 valence electrons. The molecule has 1 aliphatic rings. The number of carboxylic acid groups (broad SMARTS) is 1. The Balaban J connectivity index is 1.57. The summed E-state index contributed by atoms with van der Waals surface area (Å²) in [6.07, 6.45) is -5.21. The van der Waals surface area contributed by atoms with E-state index < -0.39 is 63.4 Å². The molecule has 4 rings (SSSR count). The summed E-state index contributed by atoms with van der Waals surface area (Å²) in [5, 5.41) is 22.4. The molecule has 17 heteroatoms. The van der Waals surface area contributed by atoms with Gasteiger partial charge >= 0.3 is 12.1 Å². The fraction of sp³-hybridized carbons (Fsp3) is 0.407. The van der Waals surface area contributed by atoms with Crippen LogP contribution in [-0.4, -0.2) is 86.4 Å². The number of nitrogens with one attached hydrogen (secondary N) is 1. The van der Waals surface area contributed by atoms with E-state index in [0.29, 0.717) is 18.1 Å². The second kappa shape index (κ2) is 13.1. The molecule has 2 aromatic carbocycles. The van der Waals surface area contributed by atoms with Crippen molar-refractivity contribution in [2.75, 3.05) is 19.6 Å². The largest absolute Gasteiger partial charge is 0.481 e. The number of carbonyl (C=O) groups excluding carboxylic acids is 2. The number of alkyl halides is 3. The van der Waals surface area contributed by atoms with E-state index in [2.05, 4.69) is 20.8 Å². The van der Waals surface area contributed by atoms with Crippen LogP contribution in [-0.2, 0) is 50.1 Å². The van der Waals surface area contributed by atoms with Crippen molar-refractivity contribution < 1.29 is 41.1 Å². The highest BCUT2D eigenvalue weighted by Gasteiger charge is 2.42. The van der Waals surface area contributed by atoms with Gasteiger partial charge in [-0.25, -0.2) is 13.1 Å². The summed E-state index contributed by atoms with van der Waals surface area (Å²) in [6, 6.07) is 8.96. The van der Waals surface area contributed by atoms with E-state index >= 15 is 0 Å². The summed E-state index contributed by atoms with van der Waals surface area (Å²) in [7, 11) is -4.47. The van der Waals surface area contributed by atoms with Gasteiger partial charge in [-0.05, 0) is 51.7 Å².